The highest BCUT2D eigenvalue weighted by molar-refractivity contribution is 6.34. The number of aryl methyl sites for hydroxylation is 1. The topological polar surface area (TPSA) is 88.8 Å². The number of ether oxygens (including phenoxy) is 1. The van der Waals surface area contributed by atoms with Crippen LogP contribution in [-0.2, 0) is 26.0 Å². The fourth-order valence-corrected chi connectivity index (χ4v) is 3.73. The normalized spacial score (nSPS) is 10.8. The molecule has 0 spiro atoms. The average molecular weight is 462 g/mol. The number of rotatable bonds is 9. The van der Waals surface area contributed by atoms with Crippen molar-refractivity contribution in [2.24, 2.45) is 0 Å². The van der Waals surface area contributed by atoms with E-state index in [2.05, 4.69) is 0 Å². The minimum absolute atomic E-state index is 0.00650. The van der Waals surface area contributed by atoms with Crippen molar-refractivity contribution in [3.8, 4) is 5.75 Å². The Kier molecular flexibility index (Phi) is 7.74. The second-order valence-corrected chi connectivity index (χ2v) is 7.68. The van der Waals surface area contributed by atoms with E-state index < -0.39 is 5.97 Å². The Hall–Kier alpha value is -2.80. The molecule has 0 bridgehead atoms. The van der Waals surface area contributed by atoms with Gasteiger partial charge in [0.15, 0.2) is 0 Å². The molecule has 0 aliphatic heterocycles. The quantitative estimate of drug-likeness (QED) is 0.498. The third kappa shape index (κ3) is 5.67. The first kappa shape index (κ1) is 22.9. The van der Waals surface area contributed by atoms with Gasteiger partial charge in [0, 0.05) is 13.2 Å². The van der Waals surface area contributed by atoms with Gasteiger partial charge < -0.3 is 19.5 Å². The van der Waals surface area contributed by atoms with Crippen LogP contribution in [0.1, 0.15) is 27.2 Å². The largest absolute Gasteiger partial charge is 0.487 e. The summed E-state index contributed by atoms with van der Waals surface area (Å²) in [4.78, 5) is 23.7. The van der Waals surface area contributed by atoms with Crippen LogP contribution in [0.3, 0.4) is 0 Å². The van der Waals surface area contributed by atoms with Crippen molar-refractivity contribution in [3.05, 3.63) is 97.4 Å². The van der Waals surface area contributed by atoms with E-state index in [0.717, 1.165) is 11.1 Å². The summed E-state index contributed by atoms with van der Waals surface area (Å²) in [7, 11) is 0. The number of aliphatic hydroxyl groups excluding tert-OH is 1. The minimum Gasteiger partial charge on any atom is -0.487 e. The number of hydrogen-bond donors (Lipinski definition) is 2. The Morgan fingerprint density at radius 1 is 1.00 bits per heavy atom. The Labute approximate surface area is 189 Å². The zero-order valence-electron chi connectivity index (χ0n) is 16.6. The number of benzene rings is 2. The van der Waals surface area contributed by atoms with Gasteiger partial charge in [-0.25, -0.2) is 4.79 Å². The number of carbonyl (C=O) groups is 1. The molecule has 0 unspecified atom stereocenters. The van der Waals surface area contributed by atoms with Gasteiger partial charge in [0.05, 0.1) is 16.3 Å². The molecular formula is C23H21Cl2NO5. The van der Waals surface area contributed by atoms with E-state index in [9.17, 15) is 14.7 Å². The number of para-hydroxylation sites is 1. The van der Waals surface area contributed by atoms with Crippen molar-refractivity contribution in [2.75, 3.05) is 6.61 Å². The number of aromatic carboxylic acids is 1. The SMILES string of the molecule is O=C(O)c1ccc(CCn2c(COc3ccccc3CCO)c(Cl)cc(Cl)c2=O)cc1. The van der Waals surface area contributed by atoms with Crippen molar-refractivity contribution in [3.63, 3.8) is 0 Å². The second kappa shape index (κ2) is 10.5. The molecule has 2 aromatic carbocycles. The van der Waals surface area contributed by atoms with Crippen molar-refractivity contribution in [1.82, 2.24) is 4.57 Å². The highest BCUT2D eigenvalue weighted by atomic mass is 35.5. The monoisotopic (exact) mass is 461 g/mol. The minimum atomic E-state index is -0.995. The lowest BCUT2D eigenvalue weighted by Gasteiger charge is -2.17. The molecule has 31 heavy (non-hydrogen) atoms. The summed E-state index contributed by atoms with van der Waals surface area (Å²) in [6.45, 7) is 0.335. The summed E-state index contributed by atoms with van der Waals surface area (Å²) in [5.41, 5.74) is 2.02. The molecule has 8 heteroatoms. The molecule has 0 saturated carbocycles. The predicted octanol–water partition coefficient (Wildman–Crippen LogP) is 4.21. The average Bonchev–Trinajstić information content (AvgIpc) is 2.76. The molecule has 2 N–H and O–H groups in total. The molecule has 6 nitrogen and oxygen atoms in total. The van der Waals surface area contributed by atoms with Crippen LogP contribution in [0.4, 0.5) is 0 Å². The van der Waals surface area contributed by atoms with Crippen LogP contribution >= 0.6 is 23.2 Å². The molecule has 0 aliphatic carbocycles. The summed E-state index contributed by atoms with van der Waals surface area (Å²) in [6.07, 6.45) is 0.925. The Balaban J connectivity index is 1.83. The van der Waals surface area contributed by atoms with E-state index in [-0.39, 0.29) is 29.4 Å². The zero-order valence-corrected chi connectivity index (χ0v) is 18.1. The van der Waals surface area contributed by atoms with Crippen molar-refractivity contribution >= 4 is 29.2 Å². The predicted molar refractivity (Wildman–Crippen MR) is 119 cm³/mol. The van der Waals surface area contributed by atoms with E-state index in [1.165, 1.54) is 22.8 Å². The van der Waals surface area contributed by atoms with Crippen LogP contribution in [0.15, 0.2) is 59.4 Å². The fraction of sp³-hybridized carbons (Fsp3) is 0.217. The van der Waals surface area contributed by atoms with Gasteiger partial charge in [0.25, 0.3) is 5.56 Å². The third-order valence-corrected chi connectivity index (χ3v) is 5.45. The van der Waals surface area contributed by atoms with Gasteiger partial charge in [-0.3, -0.25) is 4.79 Å². The zero-order chi connectivity index (χ0) is 22.4. The molecule has 0 aliphatic rings. The number of nitrogens with zero attached hydrogens (tertiary/aromatic N) is 1. The summed E-state index contributed by atoms with van der Waals surface area (Å²) in [5, 5.41) is 18.6. The van der Waals surface area contributed by atoms with E-state index in [4.69, 9.17) is 33.0 Å². The maximum atomic E-state index is 12.7. The molecule has 0 atom stereocenters. The second-order valence-electron chi connectivity index (χ2n) is 6.87. The molecule has 0 saturated heterocycles. The van der Waals surface area contributed by atoms with Gasteiger partial charge >= 0.3 is 5.97 Å². The first-order chi connectivity index (χ1) is 14.9. The van der Waals surface area contributed by atoms with Crippen LogP contribution < -0.4 is 10.3 Å². The lowest BCUT2D eigenvalue weighted by molar-refractivity contribution is 0.0697. The number of hydrogen-bond acceptors (Lipinski definition) is 4. The number of halogens is 2. The first-order valence-electron chi connectivity index (χ1n) is 9.62. The highest BCUT2D eigenvalue weighted by Crippen LogP contribution is 2.23. The molecule has 162 valence electrons. The Morgan fingerprint density at radius 2 is 1.71 bits per heavy atom. The summed E-state index contributed by atoms with van der Waals surface area (Å²) in [5.74, 6) is -0.392. The highest BCUT2D eigenvalue weighted by Gasteiger charge is 2.15. The van der Waals surface area contributed by atoms with Gasteiger partial charge in [-0.2, -0.15) is 0 Å². The van der Waals surface area contributed by atoms with Crippen LogP contribution in [-0.4, -0.2) is 27.4 Å². The fourth-order valence-electron chi connectivity index (χ4n) is 3.19. The van der Waals surface area contributed by atoms with Gasteiger partial charge in [0.2, 0.25) is 0 Å². The number of aromatic nitrogens is 1. The molecule has 0 amide bonds. The smallest absolute Gasteiger partial charge is 0.335 e. The third-order valence-electron chi connectivity index (χ3n) is 4.85. The van der Waals surface area contributed by atoms with E-state index >= 15 is 0 Å². The molecule has 0 radical (unpaired) electrons. The van der Waals surface area contributed by atoms with Crippen molar-refractivity contribution < 1.29 is 19.7 Å². The van der Waals surface area contributed by atoms with Gasteiger partial charge in [-0.05, 0) is 48.2 Å². The van der Waals surface area contributed by atoms with E-state index in [1.54, 1.807) is 18.2 Å². The van der Waals surface area contributed by atoms with Crippen molar-refractivity contribution in [2.45, 2.75) is 26.0 Å². The van der Waals surface area contributed by atoms with Gasteiger partial charge in [-0.1, -0.05) is 53.5 Å². The Morgan fingerprint density at radius 3 is 2.39 bits per heavy atom. The van der Waals surface area contributed by atoms with Crippen LogP contribution in [0.5, 0.6) is 5.75 Å². The molecule has 3 rings (SSSR count). The number of carboxylic acid groups (broad SMARTS) is 1. The summed E-state index contributed by atoms with van der Waals surface area (Å²) >= 11 is 12.4. The lowest BCUT2D eigenvalue weighted by Crippen LogP contribution is -2.26. The molecule has 1 heterocycles. The van der Waals surface area contributed by atoms with Crippen LogP contribution in [0.2, 0.25) is 10.0 Å². The maximum absolute atomic E-state index is 12.7. The number of carboxylic acids is 1. The molecule has 3 aromatic rings. The van der Waals surface area contributed by atoms with Crippen molar-refractivity contribution in [1.29, 1.82) is 0 Å². The molecular weight excluding hydrogens is 441 g/mol. The standard InChI is InChI=1S/C23H21Cl2NO5/c24-18-13-19(25)22(28)26(11-9-15-5-7-17(8-6-15)23(29)30)20(18)14-31-21-4-2-1-3-16(21)10-12-27/h1-8,13,27H,9-12,14H2,(H,29,30). The Bertz CT molecular complexity index is 1130. The lowest BCUT2D eigenvalue weighted by atomic mass is 10.1. The van der Waals surface area contributed by atoms with Gasteiger partial charge in [-0.15, -0.1) is 0 Å². The molecule has 1 aromatic heterocycles. The maximum Gasteiger partial charge on any atom is 0.335 e. The first-order valence-corrected chi connectivity index (χ1v) is 10.4. The number of pyridine rings is 1. The van der Waals surface area contributed by atoms with Crippen LogP contribution in [0.25, 0.3) is 0 Å². The summed E-state index contributed by atoms with van der Waals surface area (Å²) in [6, 6.07) is 15.2. The van der Waals surface area contributed by atoms with E-state index in [0.29, 0.717) is 35.9 Å². The van der Waals surface area contributed by atoms with E-state index in [1.807, 2.05) is 18.2 Å². The number of aliphatic hydroxyl groups is 1. The summed E-state index contributed by atoms with van der Waals surface area (Å²) < 4.78 is 7.40. The molecule has 0 fully saturated rings. The van der Waals surface area contributed by atoms with Crippen LogP contribution in [0, 0.1) is 0 Å². The van der Waals surface area contributed by atoms with Gasteiger partial charge in [0.1, 0.15) is 17.4 Å².